The quantitative estimate of drug-likeness (QED) is 0.536. The lowest BCUT2D eigenvalue weighted by Crippen LogP contribution is -2.35. The molecule has 1 atom stereocenters. The molecule has 2 N–H and O–H groups in total. The van der Waals surface area contributed by atoms with Gasteiger partial charge < -0.3 is 10.5 Å². The Balaban J connectivity index is 3.74. The van der Waals surface area contributed by atoms with Gasteiger partial charge in [-0.1, -0.05) is 5.57 Å². The van der Waals surface area contributed by atoms with E-state index in [4.69, 9.17) is 5.73 Å². The standard InChI is InChI=1S/C9H15F4NO/c1-6(2)3-7(14)4-15-5-9(12,13)8(10)11/h7-8H,1,3-5,14H2,2H3. The van der Waals surface area contributed by atoms with Gasteiger partial charge in [-0.15, -0.1) is 6.58 Å². The van der Waals surface area contributed by atoms with Crippen molar-refractivity contribution in [2.75, 3.05) is 13.2 Å². The summed E-state index contributed by atoms with van der Waals surface area (Å²) in [5, 5.41) is 0. The molecule has 0 radical (unpaired) electrons. The van der Waals surface area contributed by atoms with Gasteiger partial charge in [-0.25, -0.2) is 8.78 Å². The summed E-state index contributed by atoms with van der Waals surface area (Å²) >= 11 is 0. The van der Waals surface area contributed by atoms with Crippen LogP contribution in [0.4, 0.5) is 17.6 Å². The number of ether oxygens (including phenoxy) is 1. The van der Waals surface area contributed by atoms with Gasteiger partial charge in [0.1, 0.15) is 6.61 Å². The fraction of sp³-hybridized carbons (Fsp3) is 0.778. The second kappa shape index (κ2) is 6.07. The Labute approximate surface area is 86.1 Å². The Morgan fingerprint density at radius 1 is 1.47 bits per heavy atom. The van der Waals surface area contributed by atoms with Gasteiger partial charge in [-0.05, 0) is 13.3 Å². The lowest BCUT2D eigenvalue weighted by molar-refractivity contribution is -0.166. The van der Waals surface area contributed by atoms with Crippen LogP contribution in [0.2, 0.25) is 0 Å². The van der Waals surface area contributed by atoms with Crippen LogP contribution in [0.3, 0.4) is 0 Å². The predicted octanol–water partition coefficient (Wildman–Crippen LogP) is 2.20. The van der Waals surface area contributed by atoms with Crippen molar-refractivity contribution >= 4 is 0 Å². The molecule has 0 aromatic heterocycles. The van der Waals surface area contributed by atoms with Gasteiger partial charge in [0.15, 0.2) is 0 Å². The SMILES string of the molecule is C=C(C)CC(N)COCC(F)(F)C(F)F. The van der Waals surface area contributed by atoms with Crippen LogP contribution < -0.4 is 5.73 Å². The van der Waals surface area contributed by atoms with Gasteiger partial charge in [0, 0.05) is 6.04 Å². The van der Waals surface area contributed by atoms with E-state index in [0.717, 1.165) is 5.57 Å². The van der Waals surface area contributed by atoms with Crippen molar-refractivity contribution in [3.63, 3.8) is 0 Å². The molecule has 0 saturated carbocycles. The monoisotopic (exact) mass is 229 g/mol. The molecule has 1 unspecified atom stereocenters. The highest BCUT2D eigenvalue weighted by Gasteiger charge is 2.40. The van der Waals surface area contributed by atoms with E-state index in [9.17, 15) is 17.6 Å². The predicted molar refractivity (Wildman–Crippen MR) is 49.2 cm³/mol. The fourth-order valence-corrected chi connectivity index (χ4v) is 0.916. The largest absolute Gasteiger partial charge is 0.373 e. The molecular weight excluding hydrogens is 214 g/mol. The van der Waals surface area contributed by atoms with Crippen molar-refractivity contribution in [3.8, 4) is 0 Å². The van der Waals surface area contributed by atoms with Crippen molar-refractivity contribution in [3.05, 3.63) is 12.2 Å². The third-order valence-electron chi connectivity index (χ3n) is 1.56. The van der Waals surface area contributed by atoms with E-state index in [2.05, 4.69) is 11.3 Å². The minimum Gasteiger partial charge on any atom is -0.373 e. The smallest absolute Gasteiger partial charge is 0.330 e. The lowest BCUT2D eigenvalue weighted by Gasteiger charge is -2.17. The molecule has 0 aromatic carbocycles. The van der Waals surface area contributed by atoms with Gasteiger partial charge >= 0.3 is 12.3 Å². The molecule has 0 aliphatic carbocycles. The van der Waals surface area contributed by atoms with Gasteiger partial charge in [0.25, 0.3) is 0 Å². The number of hydrogen-bond donors (Lipinski definition) is 1. The second-order valence-corrected chi connectivity index (χ2v) is 3.50. The molecule has 0 saturated heterocycles. The molecule has 90 valence electrons. The van der Waals surface area contributed by atoms with E-state index in [0.29, 0.717) is 6.42 Å². The van der Waals surface area contributed by atoms with Crippen LogP contribution in [0.15, 0.2) is 12.2 Å². The molecule has 0 fully saturated rings. The fourth-order valence-electron chi connectivity index (χ4n) is 0.916. The Bertz CT molecular complexity index is 208. The van der Waals surface area contributed by atoms with Gasteiger partial charge in [-0.2, -0.15) is 8.78 Å². The van der Waals surface area contributed by atoms with Crippen LogP contribution in [0.5, 0.6) is 0 Å². The average molecular weight is 229 g/mol. The van der Waals surface area contributed by atoms with E-state index in [1.54, 1.807) is 6.92 Å². The van der Waals surface area contributed by atoms with E-state index < -0.39 is 25.0 Å². The summed E-state index contributed by atoms with van der Waals surface area (Å²) in [5.74, 6) is -4.11. The third-order valence-corrected chi connectivity index (χ3v) is 1.56. The molecule has 2 nitrogen and oxygen atoms in total. The molecule has 0 aliphatic rings. The van der Waals surface area contributed by atoms with Gasteiger partial charge in [0.05, 0.1) is 6.61 Å². The number of rotatable bonds is 7. The molecule has 0 aliphatic heterocycles. The minimum atomic E-state index is -4.11. The van der Waals surface area contributed by atoms with Gasteiger partial charge in [-0.3, -0.25) is 0 Å². The summed E-state index contributed by atoms with van der Waals surface area (Å²) in [5.41, 5.74) is 6.25. The summed E-state index contributed by atoms with van der Waals surface area (Å²) in [6.45, 7) is 3.81. The Morgan fingerprint density at radius 3 is 2.40 bits per heavy atom. The molecule has 0 heterocycles. The summed E-state index contributed by atoms with van der Waals surface area (Å²) in [7, 11) is 0. The van der Waals surface area contributed by atoms with Crippen LogP contribution in [0, 0.1) is 0 Å². The first-order valence-electron chi connectivity index (χ1n) is 4.39. The molecule has 0 aromatic rings. The maximum atomic E-state index is 12.3. The summed E-state index contributed by atoms with van der Waals surface area (Å²) in [6, 6.07) is -0.490. The zero-order valence-electron chi connectivity index (χ0n) is 8.48. The Kier molecular flexibility index (Phi) is 5.82. The van der Waals surface area contributed by atoms with Crippen LogP contribution >= 0.6 is 0 Å². The number of halogens is 4. The molecule has 0 bridgehead atoms. The zero-order chi connectivity index (χ0) is 12.1. The summed E-state index contributed by atoms with van der Waals surface area (Å²) in [6.07, 6.45) is -3.30. The van der Waals surface area contributed by atoms with E-state index in [1.165, 1.54) is 0 Å². The number of nitrogens with two attached hydrogens (primary N) is 1. The Hall–Kier alpha value is -0.620. The highest BCUT2D eigenvalue weighted by atomic mass is 19.3. The first kappa shape index (κ1) is 14.4. The van der Waals surface area contributed by atoms with E-state index in [-0.39, 0.29) is 6.61 Å². The third kappa shape index (κ3) is 6.46. The molecule has 15 heavy (non-hydrogen) atoms. The summed E-state index contributed by atoms with van der Waals surface area (Å²) in [4.78, 5) is 0. The molecular formula is C9H15F4NO. The van der Waals surface area contributed by atoms with Crippen LogP contribution in [0.1, 0.15) is 13.3 Å². The highest BCUT2D eigenvalue weighted by molar-refractivity contribution is 4.91. The maximum absolute atomic E-state index is 12.3. The first-order chi connectivity index (χ1) is 6.75. The first-order valence-corrected chi connectivity index (χ1v) is 4.39. The van der Waals surface area contributed by atoms with Crippen molar-refractivity contribution in [2.45, 2.75) is 31.7 Å². The van der Waals surface area contributed by atoms with Crippen molar-refractivity contribution < 1.29 is 22.3 Å². The maximum Gasteiger partial charge on any atom is 0.330 e. The summed E-state index contributed by atoms with van der Waals surface area (Å²) < 4.78 is 52.4. The molecule has 0 amide bonds. The Morgan fingerprint density at radius 2 is 2.00 bits per heavy atom. The molecule has 0 rings (SSSR count). The van der Waals surface area contributed by atoms with E-state index in [1.807, 2.05) is 0 Å². The normalized spacial score (nSPS) is 14.3. The second-order valence-electron chi connectivity index (χ2n) is 3.50. The van der Waals surface area contributed by atoms with Crippen molar-refractivity contribution in [1.29, 1.82) is 0 Å². The molecule has 0 spiro atoms. The average Bonchev–Trinajstić information content (AvgIpc) is 2.01. The zero-order valence-corrected chi connectivity index (χ0v) is 8.48. The van der Waals surface area contributed by atoms with Crippen LogP contribution in [-0.4, -0.2) is 31.6 Å². The topological polar surface area (TPSA) is 35.2 Å². The molecule has 6 heteroatoms. The minimum absolute atomic E-state index is 0.185. The number of hydrogen-bond acceptors (Lipinski definition) is 2. The highest BCUT2D eigenvalue weighted by Crippen LogP contribution is 2.22. The lowest BCUT2D eigenvalue weighted by atomic mass is 10.1. The van der Waals surface area contributed by atoms with E-state index >= 15 is 0 Å². The van der Waals surface area contributed by atoms with Crippen molar-refractivity contribution in [1.82, 2.24) is 0 Å². The van der Waals surface area contributed by atoms with Gasteiger partial charge in [0.2, 0.25) is 0 Å². The van der Waals surface area contributed by atoms with Crippen LogP contribution in [0.25, 0.3) is 0 Å². The number of alkyl halides is 4. The van der Waals surface area contributed by atoms with Crippen molar-refractivity contribution in [2.24, 2.45) is 5.73 Å². The van der Waals surface area contributed by atoms with Crippen LogP contribution in [-0.2, 0) is 4.74 Å².